The number of benzene rings is 2. The van der Waals surface area contributed by atoms with Crippen LogP contribution in [0.25, 0.3) is 0 Å². The number of rotatable bonds is 5. The van der Waals surface area contributed by atoms with E-state index in [0.717, 1.165) is 52.4 Å². The predicted molar refractivity (Wildman–Crippen MR) is 155 cm³/mol. The standard InChI is InChI=1S/C32H44N6/c1-3-15-27(16-4-1)29(33-31(35-19-7-8-20-35)36-21-9-10-22-36)30(28-17-5-2-6-18-28)34-32(37-23-11-12-24-37)38-25-13-14-26-38/h1-6,15-18,29-30H,7-14,19-26H2/p+2/t29-,30-/m0/s1. The molecule has 6 rings (SSSR count). The van der Waals surface area contributed by atoms with E-state index in [2.05, 4.69) is 90.2 Å². The Morgan fingerprint density at radius 2 is 0.842 bits per heavy atom. The van der Waals surface area contributed by atoms with E-state index in [9.17, 15) is 0 Å². The van der Waals surface area contributed by atoms with Gasteiger partial charge >= 0.3 is 11.9 Å². The minimum atomic E-state index is 0.106. The van der Waals surface area contributed by atoms with Crippen LogP contribution in [0.1, 0.15) is 74.6 Å². The molecule has 0 spiro atoms. The Morgan fingerprint density at radius 3 is 1.18 bits per heavy atom. The first-order valence-electron chi connectivity index (χ1n) is 15.2. The summed E-state index contributed by atoms with van der Waals surface area (Å²) in [5, 5.41) is 8.39. The van der Waals surface area contributed by atoms with E-state index in [4.69, 9.17) is 0 Å². The van der Waals surface area contributed by atoms with E-state index in [0.29, 0.717) is 0 Å². The Bertz CT molecular complexity index is 994. The molecule has 2 aromatic rings. The number of hydrogen-bond acceptors (Lipinski definition) is 0. The van der Waals surface area contributed by atoms with Gasteiger partial charge in [0.05, 0.1) is 52.4 Å². The van der Waals surface area contributed by atoms with Crippen molar-refractivity contribution in [1.29, 1.82) is 0 Å². The fraction of sp³-hybridized carbons (Fsp3) is 0.562. The second kappa shape index (κ2) is 12.2. The number of guanidine groups is 2. The largest absolute Gasteiger partial charge is 0.348 e. The third kappa shape index (κ3) is 5.69. The molecule has 202 valence electrons. The lowest BCUT2D eigenvalue weighted by Gasteiger charge is -2.30. The maximum absolute atomic E-state index is 4.20. The zero-order valence-corrected chi connectivity index (χ0v) is 23.0. The predicted octanol–water partition coefficient (Wildman–Crippen LogP) is 4.16. The molecule has 38 heavy (non-hydrogen) atoms. The van der Waals surface area contributed by atoms with Crippen molar-refractivity contribution in [2.75, 3.05) is 52.4 Å². The summed E-state index contributed by atoms with van der Waals surface area (Å²) in [4.78, 5) is 5.24. The molecule has 2 aromatic carbocycles. The lowest BCUT2D eigenvalue weighted by atomic mass is 9.93. The van der Waals surface area contributed by atoms with Crippen molar-refractivity contribution in [2.45, 2.75) is 63.5 Å². The van der Waals surface area contributed by atoms with Crippen LogP contribution in [0.4, 0.5) is 0 Å². The van der Waals surface area contributed by atoms with E-state index in [1.54, 1.807) is 0 Å². The second-order valence-corrected chi connectivity index (χ2v) is 11.5. The van der Waals surface area contributed by atoms with Crippen LogP contribution in [-0.2, 0) is 0 Å². The Labute approximate surface area is 229 Å². The molecule has 0 radical (unpaired) electrons. The molecule has 0 unspecified atom stereocenters. The SMILES string of the molecule is c1ccc([C@H](NC(N2CCCC2)=[N+]2CCCC2)[C@@H](NC(N2CCCC2)=[N+]2CCCC2)c2ccccc2)cc1. The van der Waals surface area contributed by atoms with Crippen molar-refractivity contribution < 1.29 is 9.15 Å². The van der Waals surface area contributed by atoms with Crippen LogP contribution in [-0.4, -0.2) is 83.2 Å². The summed E-state index contributed by atoms with van der Waals surface area (Å²) in [6.45, 7) is 9.24. The van der Waals surface area contributed by atoms with Crippen molar-refractivity contribution in [3.05, 3.63) is 71.8 Å². The van der Waals surface area contributed by atoms with Crippen LogP contribution < -0.4 is 10.6 Å². The van der Waals surface area contributed by atoms with Crippen LogP contribution >= 0.6 is 0 Å². The molecule has 0 bridgehead atoms. The molecule has 6 heteroatoms. The fourth-order valence-corrected chi connectivity index (χ4v) is 6.80. The fourth-order valence-electron chi connectivity index (χ4n) is 6.80. The minimum absolute atomic E-state index is 0.106. The number of likely N-dealkylation sites (tertiary alicyclic amines) is 2. The summed E-state index contributed by atoms with van der Waals surface area (Å²) in [6.07, 6.45) is 10.3. The molecule has 2 N–H and O–H groups in total. The molecule has 4 heterocycles. The van der Waals surface area contributed by atoms with Gasteiger partial charge < -0.3 is 0 Å². The molecule has 2 atom stereocenters. The minimum Gasteiger partial charge on any atom is -0.267 e. The summed E-state index contributed by atoms with van der Waals surface area (Å²) in [5.41, 5.74) is 2.68. The summed E-state index contributed by atoms with van der Waals surface area (Å²) >= 11 is 0. The monoisotopic (exact) mass is 514 g/mol. The van der Waals surface area contributed by atoms with Gasteiger partial charge in [-0.15, -0.1) is 0 Å². The average molecular weight is 515 g/mol. The highest BCUT2D eigenvalue weighted by atomic mass is 15.4. The first-order valence-corrected chi connectivity index (χ1v) is 15.2. The first kappa shape index (κ1) is 25.3. The molecule has 0 aromatic heterocycles. The molecule has 0 saturated carbocycles. The zero-order valence-electron chi connectivity index (χ0n) is 23.0. The molecule has 4 aliphatic rings. The second-order valence-electron chi connectivity index (χ2n) is 11.5. The van der Waals surface area contributed by atoms with Gasteiger partial charge in [0, 0.05) is 0 Å². The summed E-state index contributed by atoms with van der Waals surface area (Å²) in [5.74, 6) is 2.70. The van der Waals surface area contributed by atoms with E-state index in [-0.39, 0.29) is 12.1 Å². The highest BCUT2D eigenvalue weighted by Gasteiger charge is 2.39. The van der Waals surface area contributed by atoms with Crippen molar-refractivity contribution in [3.8, 4) is 0 Å². The van der Waals surface area contributed by atoms with Gasteiger partial charge in [0.15, 0.2) is 0 Å². The van der Waals surface area contributed by atoms with E-state index < -0.39 is 0 Å². The molecule has 4 fully saturated rings. The molecular formula is C32H46N6+2. The Hall–Kier alpha value is -3.02. The third-order valence-corrected chi connectivity index (χ3v) is 8.84. The highest BCUT2D eigenvalue weighted by Crippen LogP contribution is 2.31. The van der Waals surface area contributed by atoms with Gasteiger partial charge in [-0.3, -0.25) is 29.6 Å². The van der Waals surface area contributed by atoms with Crippen LogP contribution in [0.3, 0.4) is 0 Å². The molecular weight excluding hydrogens is 468 g/mol. The zero-order chi connectivity index (χ0) is 25.6. The van der Waals surface area contributed by atoms with Gasteiger partial charge in [0.1, 0.15) is 12.1 Å². The first-order chi connectivity index (χ1) is 18.9. The summed E-state index contributed by atoms with van der Waals surface area (Å²) in [7, 11) is 0. The maximum Gasteiger partial charge on any atom is 0.348 e. The van der Waals surface area contributed by atoms with Crippen molar-refractivity contribution in [1.82, 2.24) is 20.4 Å². The number of nitrogens with one attached hydrogen (secondary N) is 2. The lowest BCUT2D eigenvalue weighted by Crippen LogP contribution is -2.53. The Morgan fingerprint density at radius 1 is 0.500 bits per heavy atom. The average Bonchev–Trinajstić information content (AvgIpc) is 3.79. The third-order valence-electron chi connectivity index (χ3n) is 8.84. The Kier molecular flexibility index (Phi) is 8.13. The van der Waals surface area contributed by atoms with Crippen molar-refractivity contribution in [2.24, 2.45) is 0 Å². The topological polar surface area (TPSA) is 36.6 Å². The number of nitrogens with zero attached hydrogens (tertiary/aromatic N) is 4. The van der Waals surface area contributed by atoms with Crippen molar-refractivity contribution in [3.63, 3.8) is 0 Å². The quantitative estimate of drug-likeness (QED) is 0.464. The molecule has 4 aliphatic heterocycles. The van der Waals surface area contributed by atoms with E-state index >= 15 is 0 Å². The molecule has 4 saturated heterocycles. The molecule has 0 aliphatic carbocycles. The van der Waals surface area contributed by atoms with Gasteiger partial charge in [-0.1, -0.05) is 60.7 Å². The molecule has 6 nitrogen and oxygen atoms in total. The van der Waals surface area contributed by atoms with Crippen LogP contribution in [0.2, 0.25) is 0 Å². The van der Waals surface area contributed by atoms with Gasteiger partial charge in [-0.05, 0) is 62.5 Å². The summed E-state index contributed by atoms with van der Waals surface area (Å²) < 4.78 is 5.24. The van der Waals surface area contributed by atoms with Gasteiger partial charge in [0.2, 0.25) is 0 Å². The van der Waals surface area contributed by atoms with E-state index in [1.165, 1.54) is 74.4 Å². The van der Waals surface area contributed by atoms with Crippen LogP contribution in [0, 0.1) is 0 Å². The van der Waals surface area contributed by atoms with Gasteiger partial charge in [0.25, 0.3) is 0 Å². The highest BCUT2D eigenvalue weighted by molar-refractivity contribution is 5.78. The normalized spacial score (nSPS) is 21.2. The maximum atomic E-state index is 4.20. The van der Waals surface area contributed by atoms with E-state index in [1.807, 2.05) is 0 Å². The summed E-state index contributed by atoms with van der Waals surface area (Å²) in [6, 6.07) is 22.5. The lowest BCUT2D eigenvalue weighted by molar-refractivity contribution is -0.514. The smallest absolute Gasteiger partial charge is 0.267 e. The van der Waals surface area contributed by atoms with Crippen LogP contribution in [0.5, 0.6) is 0 Å². The Balaban J connectivity index is 1.42. The van der Waals surface area contributed by atoms with Crippen LogP contribution in [0.15, 0.2) is 60.7 Å². The van der Waals surface area contributed by atoms with Gasteiger partial charge in [-0.2, -0.15) is 0 Å². The number of hydrogen-bond donors (Lipinski definition) is 2. The molecule has 0 amide bonds. The van der Waals surface area contributed by atoms with Gasteiger partial charge in [-0.25, -0.2) is 0 Å². The van der Waals surface area contributed by atoms with Crippen molar-refractivity contribution >= 4 is 11.9 Å².